The quantitative estimate of drug-likeness (QED) is 0.491. The molecule has 4 amide bonds. The number of nitrogens with one attached hydrogen (secondary N) is 1. The molecule has 146 valence electrons. The van der Waals surface area contributed by atoms with Gasteiger partial charge in [-0.15, -0.1) is 0 Å². The zero-order chi connectivity index (χ0) is 20.6. The van der Waals surface area contributed by atoms with E-state index in [-0.39, 0.29) is 5.56 Å². The van der Waals surface area contributed by atoms with Crippen LogP contribution in [-0.2, 0) is 10.3 Å². The Balaban J connectivity index is 2.26. The molecule has 0 aromatic heterocycles. The number of nitrogens with zero attached hydrogens (tertiary/aromatic N) is 2. The molecule has 0 radical (unpaired) electrons. The molecule has 28 heavy (non-hydrogen) atoms. The van der Waals surface area contributed by atoms with E-state index in [2.05, 4.69) is 5.32 Å². The van der Waals surface area contributed by atoms with Gasteiger partial charge in [-0.1, -0.05) is 24.3 Å². The Bertz CT molecular complexity index is 950. The molecule has 1 fully saturated rings. The highest BCUT2D eigenvalue weighted by Gasteiger charge is 2.58. The van der Waals surface area contributed by atoms with Crippen molar-refractivity contribution in [3.63, 3.8) is 0 Å². The van der Waals surface area contributed by atoms with Crippen LogP contribution in [0.1, 0.15) is 5.56 Å². The Labute approximate surface area is 159 Å². The van der Waals surface area contributed by atoms with Crippen molar-refractivity contribution in [3.8, 4) is 11.5 Å². The Morgan fingerprint density at radius 3 is 2.32 bits per heavy atom. The summed E-state index contributed by atoms with van der Waals surface area (Å²) in [5.74, 6) is -1.96. The molecule has 2 aromatic rings. The Morgan fingerprint density at radius 1 is 1.11 bits per heavy atom. The number of aromatic hydroxyl groups is 2. The molecular formula is C18H18N4O6. The lowest BCUT2D eigenvalue weighted by molar-refractivity contribution is -0.137. The number of amides is 4. The summed E-state index contributed by atoms with van der Waals surface area (Å²) in [5.41, 5.74) is 4.47. The third-order valence-corrected chi connectivity index (χ3v) is 4.63. The summed E-state index contributed by atoms with van der Waals surface area (Å²) < 4.78 is 0. The molecule has 0 aliphatic carbocycles. The average molecular weight is 386 g/mol. The van der Waals surface area contributed by atoms with Gasteiger partial charge in [0.15, 0.2) is 17.0 Å². The van der Waals surface area contributed by atoms with Gasteiger partial charge in [-0.2, -0.15) is 0 Å². The SMILES string of the molecule is CN1C(=O)N(c2ccccc2)C(N)C(NC(=O)O)(c2ccc(O)c(O)c2)C1=O. The number of nitrogens with two attached hydrogens (primary N) is 1. The number of carbonyl (C=O) groups excluding carboxylic acids is 2. The van der Waals surface area contributed by atoms with E-state index in [1.54, 1.807) is 30.3 Å². The van der Waals surface area contributed by atoms with E-state index < -0.39 is 41.2 Å². The van der Waals surface area contributed by atoms with Crippen molar-refractivity contribution in [3.05, 3.63) is 54.1 Å². The van der Waals surface area contributed by atoms with Crippen molar-refractivity contribution in [2.24, 2.45) is 5.73 Å². The first-order valence-electron chi connectivity index (χ1n) is 8.15. The molecule has 1 aliphatic heterocycles. The van der Waals surface area contributed by atoms with Crippen LogP contribution >= 0.6 is 0 Å². The monoisotopic (exact) mass is 386 g/mol. The number of urea groups is 1. The fourth-order valence-corrected chi connectivity index (χ4v) is 3.24. The van der Waals surface area contributed by atoms with Gasteiger partial charge in [0.05, 0.1) is 0 Å². The molecule has 2 unspecified atom stereocenters. The van der Waals surface area contributed by atoms with Crippen LogP contribution in [0.4, 0.5) is 15.3 Å². The summed E-state index contributed by atoms with van der Waals surface area (Å²) in [5, 5.41) is 31.0. The number of hydrogen-bond donors (Lipinski definition) is 5. The third-order valence-electron chi connectivity index (χ3n) is 4.63. The molecule has 2 aromatic carbocycles. The second-order valence-electron chi connectivity index (χ2n) is 6.24. The molecule has 6 N–H and O–H groups in total. The lowest BCUT2D eigenvalue weighted by Crippen LogP contribution is -2.76. The molecule has 10 nitrogen and oxygen atoms in total. The van der Waals surface area contributed by atoms with E-state index >= 15 is 0 Å². The van der Waals surface area contributed by atoms with Gasteiger partial charge in [0.1, 0.15) is 6.17 Å². The fourth-order valence-electron chi connectivity index (χ4n) is 3.24. The van der Waals surface area contributed by atoms with Crippen LogP contribution in [0.15, 0.2) is 48.5 Å². The van der Waals surface area contributed by atoms with Crippen molar-refractivity contribution in [1.29, 1.82) is 0 Å². The van der Waals surface area contributed by atoms with Crippen molar-refractivity contribution < 1.29 is 29.7 Å². The van der Waals surface area contributed by atoms with E-state index in [0.717, 1.165) is 21.9 Å². The fraction of sp³-hybridized carbons (Fsp3) is 0.167. The van der Waals surface area contributed by atoms with Crippen LogP contribution in [0.3, 0.4) is 0 Å². The Morgan fingerprint density at radius 2 is 1.75 bits per heavy atom. The number of likely N-dealkylation sites (N-methyl/N-ethyl adjacent to an activating group) is 1. The van der Waals surface area contributed by atoms with E-state index in [0.29, 0.717) is 5.69 Å². The summed E-state index contributed by atoms with van der Waals surface area (Å²) in [6.45, 7) is 0. The minimum Gasteiger partial charge on any atom is -0.504 e. The van der Waals surface area contributed by atoms with Gasteiger partial charge in [-0.05, 0) is 29.8 Å². The molecule has 2 atom stereocenters. The largest absolute Gasteiger partial charge is 0.504 e. The topological polar surface area (TPSA) is 156 Å². The number of carboxylic acid groups (broad SMARTS) is 1. The van der Waals surface area contributed by atoms with Crippen molar-refractivity contribution >= 4 is 23.7 Å². The zero-order valence-corrected chi connectivity index (χ0v) is 14.7. The molecule has 0 saturated carbocycles. The molecule has 1 heterocycles. The maximum atomic E-state index is 13.1. The summed E-state index contributed by atoms with van der Waals surface area (Å²) in [6.07, 6.45) is -3.04. The first-order valence-corrected chi connectivity index (χ1v) is 8.15. The maximum Gasteiger partial charge on any atom is 0.405 e. The van der Waals surface area contributed by atoms with Gasteiger partial charge in [0.2, 0.25) is 0 Å². The Hall–Kier alpha value is -3.79. The van der Waals surface area contributed by atoms with Crippen LogP contribution in [-0.4, -0.2) is 51.5 Å². The van der Waals surface area contributed by atoms with Crippen molar-refractivity contribution in [2.75, 3.05) is 11.9 Å². The lowest BCUT2D eigenvalue weighted by atomic mass is 9.82. The molecule has 1 aliphatic rings. The normalized spacial score (nSPS) is 22.3. The maximum absolute atomic E-state index is 13.1. The number of rotatable bonds is 3. The lowest BCUT2D eigenvalue weighted by Gasteiger charge is -2.49. The second-order valence-corrected chi connectivity index (χ2v) is 6.24. The molecule has 10 heteroatoms. The first kappa shape index (κ1) is 19.0. The standard InChI is InChI=1S/C18H18N4O6/c1-21-15(25)18(20-16(26)27,10-7-8-12(23)13(24)9-10)14(19)22(17(21)28)11-5-3-2-4-6-11/h2-9,14,20,23-24H,19H2,1H3,(H,26,27). The highest BCUT2D eigenvalue weighted by molar-refractivity contribution is 6.11. The summed E-state index contributed by atoms with van der Waals surface area (Å²) in [6, 6.07) is 10.8. The van der Waals surface area contributed by atoms with E-state index in [1.807, 2.05) is 0 Å². The minimum atomic E-state index is -2.13. The number of phenols is 2. The summed E-state index contributed by atoms with van der Waals surface area (Å²) >= 11 is 0. The number of benzene rings is 2. The van der Waals surface area contributed by atoms with E-state index in [4.69, 9.17) is 5.73 Å². The number of imide groups is 1. The number of carbonyl (C=O) groups is 3. The molecule has 3 rings (SSSR count). The van der Waals surface area contributed by atoms with E-state index in [9.17, 15) is 29.7 Å². The number of hydrogen-bond acceptors (Lipinski definition) is 6. The minimum absolute atomic E-state index is 0.0389. The van der Waals surface area contributed by atoms with Gasteiger partial charge in [0.25, 0.3) is 5.91 Å². The Kier molecular flexibility index (Phi) is 4.57. The van der Waals surface area contributed by atoms with Gasteiger partial charge in [-0.3, -0.25) is 14.6 Å². The molecule has 0 bridgehead atoms. The number of para-hydroxylation sites is 1. The highest BCUT2D eigenvalue weighted by atomic mass is 16.4. The zero-order valence-electron chi connectivity index (χ0n) is 14.7. The number of anilines is 1. The van der Waals surface area contributed by atoms with Gasteiger partial charge in [0, 0.05) is 12.7 Å². The van der Waals surface area contributed by atoms with Crippen LogP contribution in [0, 0.1) is 0 Å². The van der Waals surface area contributed by atoms with Crippen molar-refractivity contribution in [2.45, 2.75) is 11.7 Å². The molecule has 0 spiro atoms. The average Bonchev–Trinajstić information content (AvgIpc) is 2.66. The van der Waals surface area contributed by atoms with Crippen LogP contribution in [0.25, 0.3) is 0 Å². The summed E-state index contributed by atoms with van der Waals surface area (Å²) in [4.78, 5) is 39.3. The van der Waals surface area contributed by atoms with E-state index in [1.165, 1.54) is 13.1 Å². The van der Waals surface area contributed by atoms with Crippen molar-refractivity contribution in [1.82, 2.24) is 10.2 Å². The third kappa shape index (κ3) is 2.76. The second kappa shape index (κ2) is 6.74. The molecular weight excluding hydrogens is 368 g/mol. The van der Waals surface area contributed by atoms with Gasteiger partial charge in [-0.25, -0.2) is 9.59 Å². The summed E-state index contributed by atoms with van der Waals surface area (Å²) in [7, 11) is 1.20. The molecule has 1 saturated heterocycles. The van der Waals surface area contributed by atoms with Gasteiger partial charge < -0.3 is 26.4 Å². The first-order chi connectivity index (χ1) is 13.2. The number of phenolic OH excluding ortho intramolecular Hbond substituents is 2. The smallest absolute Gasteiger partial charge is 0.405 e. The highest BCUT2D eigenvalue weighted by Crippen LogP contribution is 2.38. The van der Waals surface area contributed by atoms with Gasteiger partial charge >= 0.3 is 12.1 Å². The van der Waals surface area contributed by atoms with Crippen LogP contribution in [0.5, 0.6) is 11.5 Å². The predicted octanol–water partition coefficient (Wildman–Crippen LogP) is 0.944. The van der Waals surface area contributed by atoms with Crippen LogP contribution < -0.4 is 16.0 Å². The predicted molar refractivity (Wildman–Crippen MR) is 97.7 cm³/mol. The van der Waals surface area contributed by atoms with Crippen LogP contribution in [0.2, 0.25) is 0 Å².